The molecule has 1 fully saturated rings. The second-order valence-electron chi connectivity index (χ2n) is 6.32. The number of hydrogen-bond acceptors (Lipinski definition) is 6. The van der Waals surface area contributed by atoms with Gasteiger partial charge in [0, 0.05) is 11.5 Å². The Bertz CT molecular complexity index is 787. The first-order chi connectivity index (χ1) is 12.4. The average Bonchev–Trinajstić information content (AvgIpc) is 3.17. The fourth-order valence-electron chi connectivity index (χ4n) is 2.68. The van der Waals surface area contributed by atoms with Crippen LogP contribution in [0.4, 0.5) is 9.93 Å². The van der Waals surface area contributed by atoms with E-state index in [1.165, 1.54) is 21.1 Å². The number of aromatic nitrogens is 2. The van der Waals surface area contributed by atoms with Gasteiger partial charge in [-0.05, 0) is 30.5 Å². The lowest BCUT2D eigenvalue weighted by Crippen LogP contribution is -2.34. The highest BCUT2D eigenvalue weighted by Crippen LogP contribution is 2.36. The van der Waals surface area contributed by atoms with Crippen LogP contribution in [0.5, 0.6) is 5.75 Å². The molecule has 1 saturated heterocycles. The Labute approximate surface area is 164 Å². The predicted octanol–water partition coefficient (Wildman–Crippen LogP) is 3.66. The van der Waals surface area contributed by atoms with E-state index in [1.54, 1.807) is 7.05 Å². The van der Waals surface area contributed by atoms with Gasteiger partial charge in [-0.2, -0.15) is 0 Å². The van der Waals surface area contributed by atoms with Crippen molar-refractivity contribution in [1.82, 2.24) is 15.1 Å². The number of halogens is 1. The van der Waals surface area contributed by atoms with Crippen LogP contribution in [0.15, 0.2) is 28.7 Å². The second-order valence-corrected chi connectivity index (χ2v) is 8.22. The number of ether oxygens (including phenoxy) is 1. The van der Waals surface area contributed by atoms with Crippen molar-refractivity contribution in [3.8, 4) is 5.75 Å². The lowest BCUT2D eigenvalue weighted by atomic mass is 10.0. The SMILES string of the molecule is CCC(C)C(Oc1cccc(Br)c1)c1nnc(N2C(=O)N(C)CC2O)s1. The molecule has 1 aliphatic heterocycles. The highest BCUT2D eigenvalue weighted by molar-refractivity contribution is 9.10. The van der Waals surface area contributed by atoms with Gasteiger partial charge < -0.3 is 14.7 Å². The summed E-state index contributed by atoms with van der Waals surface area (Å²) >= 11 is 4.72. The van der Waals surface area contributed by atoms with Crippen LogP contribution < -0.4 is 9.64 Å². The van der Waals surface area contributed by atoms with E-state index in [0.717, 1.165) is 16.6 Å². The maximum absolute atomic E-state index is 12.2. The fourth-order valence-corrected chi connectivity index (χ4v) is 4.10. The molecule has 3 rings (SSSR count). The highest BCUT2D eigenvalue weighted by atomic mass is 79.9. The largest absolute Gasteiger partial charge is 0.483 e. The number of benzene rings is 1. The van der Waals surface area contributed by atoms with Crippen molar-refractivity contribution >= 4 is 38.4 Å². The molecule has 0 saturated carbocycles. The van der Waals surface area contributed by atoms with Crippen LogP contribution in [0.3, 0.4) is 0 Å². The molecule has 0 bridgehead atoms. The summed E-state index contributed by atoms with van der Waals surface area (Å²) in [5.74, 6) is 0.940. The zero-order valence-electron chi connectivity index (χ0n) is 14.8. The van der Waals surface area contributed by atoms with Crippen molar-refractivity contribution in [1.29, 1.82) is 0 Å². The zero-order valence-corrected chi connectivity index (χ0v) is 17.2. The van der Waals surface area contributed by atoms with Crippen molar-refractivity contribution in [3.63, 3.8) is 0 Å². The molecule has 2 amide bonds. The quantitative estimate of drug-likeness (QED) is 0.741. The molecule has 26 heavy (non-hydrogen) atoms. The Kier molecular flexibility index (Phi) is 5.79. The number of urea groups is 1. The summed E-state index contributed by atoms with van der Waals surface area (Å²) < 4.78 is 7.12. The number of amides is 2. The van der Waals surface area contributed by atoms with Gasteiger partial charge in [0.25, 0.3) is 0 Å². The van der Waals surface area contributed by atoms with Gasteiger partial charge in [-0.3, -0.25) is 0 Å². The monoisotopic (exact) mass is 440 g/mol. The number of aliphatic hydroxyl groups is 1. The number of carbonyl (C=O) groups is 1. The number of nitrogens with zero attached hydrogens (tertiary/aromatic N) is 4. The van der Waals surface area contributed by atoms with Crippen molar-refractivity contribution in [2.75, 3.05) is 18.5 Å². The topological polar surface area (TPSA) is 78.8 Å². The molecule has 0 aliphatic carbocycles. The first-order valence-corrected chi connectivity index (χ1v) is 9.99. The molecule has 0 radical (unpaired) electrons. The minimum Gasteiger partial charge on any atom is -0.483 e. The van der Waals surface area contributed by atoms with Crippen molar-refractivity contribution in [2.24, 2.45) is 5.92 Å². The smallest absolute Gasteiger partial charge is 0.328 e. The van der Waals surface area contributed by atoms with Gasteiger partial charge in [-0.15, -0.1) is 10.2 Å². The summed E-state index contributed by atoms with van der Waals surface area (Å²) in [7, 11) is 1.64. The molecule has 0 spiro atoms. The van der Waals surface area contributed by atoms with Gasteiger partial charge in [0.05, 0.1) is 6.54 Å². The predicted molar refractivity (Wildman–Crippen MR) is 103 cm³/mol. The number of carbonyl (C=O) groups excluding carboxylic acids is 1. The molecule has 9 heteroatoms. The van der Waals surface area contributed by atoms with Crippen LogP contribution >= 0.6 is 27.3 Å². The molecule has 3 atom stereocenters. The highest BCUT2D eigenvalue weighted by Gasteiger charge is 2.38. The van der Waals surface area contributed by atoms with E-state index in [4.69, 9.17) is 4.74 Å². The molecule has 1 aliphatic rings. The van der Waals surface area contributed by atoms with Crippen LogP contribution in [-0.2, 0) is 0 Å². The first kappa shape index (κ1) is 19.1. The van der Waals surface area contributed by atoms with Gasteiger partial charge in [0.2, 0.25) is 5.13 Å². The number of anilines is 1. The third-order valence-electron chi connectivity index (χ3n) is 4.37. The Balaban J connectivity index is 1.86. The maximum atomic E-state index is 12.2. The molecule has 1 aromatic heterocycles. The molecular weight excluding hydrogens is 420 g/mol. The Morgan fingerprint density at radius 1 is 1.46 bits per heavy atom. The number of rotatable bonds is 6. The van der Waals surface area contributed by atoms with E-state index in [9.17, 15) is 9.90 Å². The number of likely N-dealkylation sites (N-methyl/N-ethyl adjacent to an activating group) is 1. The van der Waals surface area contributed by atoms with Gasteiger partial charge in [0.1, 0.15) is 5.75 Å². The van der Waals surface area contributed by atoms with Crippen LogP contribution in [0.2, 0.25) is 0 Å². The Morgan fingerprint density at radius 2 is 2.23 bits per heavy atom. The van der Waals surface area contributed by atoms with Crippen molar-refractivity contribution < 1.29 is 14.6 Å². The van der Waals surface area contributed by atoms with Crippen LogP contribution in [0.1, 0.15) is 31.4 Å². The molecule has 1 N–H and O–H groups in total. The minimum absolute atomic E-state index is 0.205. The summed E-state index contributed by atoms with van der Waals surface area (Å²) in [5.41, 5.74) is 0. The Hall–Kier alpha value is -1.71. The van der Waals surface area contributed by atoms with Gasteiger partial charge in [0.15, 0.2) is 17.3 Å². The summed E-state index contributed by atoms with van der Waals surface area (Å²) in [6.45, 7) is 4.43. The fraction of sp³-hybridized carbons (Fsp3) is 0.471. The van der Waals surface area contributed by atoms with Gasteiger partial charge >= 0.3 is 6.03 Å². The molecule has 1 aromatic carbocycles. The van der Waals surface area contributed by atoms with E-state index >= 15 is 0 Å². The van der Waals surface area contributed by atoms with Crippen molar-refractivity contribution in [3.05, 3.63) is 33.7 Å². The summed E-state index contributed by atoms with van der Waals surface area (Å²) in [6.07, 6.45) is -0.295. The Morgan fingerprint density at radius 3 is 2.85 bits per heavy atom. The summed E-state index contributed by atoms with van der Waals surface area (Å²) in [4.78, 5) is 14.9. The summed E-state index contributed by atoms with van der Waals surface area (Å²) in [5, 5.41) is 19.6. The van der Waals surface area contributed by atoms with E-state index in [-0.39, 0.29) is 24.6 Å². The van der Waals surface area contributed by atoms with E-state index < -0.39 is 6.23 Å². The minimum atomic E-state index is -0.915. The van der Waals surface area contributed by atoms with E-state index in [2.05, 4.69) is 40.0 Å². The van der Waals surface area contributed by atoms with Crippen LogP contribution in [-0.4, -0.2) is 46.1 Å². The molecule has 2 heterocycles. The first-order valence-electron chi connectivity index (χ1n) is 8.38. The summed E-state index contributed by atoms with van der Waals surface area (Å²) in [6, 6.07) is 7.36. The zero-order chi connectivity index (χ0) is 18.8. The second kappa shape index (κ2) is 7.89. The standard InChI is InChI=1S/C17H21BrN4O3S/c1-4-10(2)14(25-12-7-5-6-11(18)8-12)15-19-20-16(26-15)22-13(23)9-21(3)17(22)24/h5-8,10,13-14,23H,4,9H2,1-3H3. The normalized spacial score (nSPS) is 19.7. The lowest BCUT2D eigenvalue weighted by Gasteiger charge is -2.22. The third kappa shape index (κ3) is 3.84. The van der Waals surface area contributed by atoms with Gasteiger partial charge in [-0.25, -0.2) is 9.69 Å². The van der Waals surface area contributed by atoms with Crippen LogP contribution in [0, 0.1) is 5.92 Å². The molecule has 3 unspecified atom stereocenters. The van der Waals surface area contributed by atoms with Gasteiger partial charge in [-0.1, -0.05) is 47.2 Å². The van der Waals surface area contributed by atoms with E-state index in [0.29, 0.717) is 10.1 Å². The number of hydrogen-bond donors (Lipinski definition) is 1. The van der Waals surface area contributed by atoms with Crippen molar-refractivity contribution in [2.45, 2.75) is 32.6 Å². The molecule has 2 aromatic rings. The van der Waals surface area contributed by atoms with E-state index in [1.807, 2.05) is 24.3 Å². The molecule has 140 valence electrons. The third-order valence-corrected chi connectivity index (χ3v) is 5.84. The number of aliphatic hydroxyl groups excluding tert-OH is 1. The lowest BCUT2D eigenvalue weighted by molar-refractivity contribution is 0.140. The van der Waals surface area contributed by atoms with Crippen LogP contribution in [0.25, 0.3) is 0 Å². The number of β-amino-alcohol motifs (C(OH)–C–C–N with tert-alkyl or cyclic N) is 1. The maximum Gasteiger partial charge on any atom is 0.328 e. The molecule has 7 nitrogen and oxygen atoms in total. The molecular formula is C17H21BrN4O3S. The average molecular weight is 441 g/mol.